The van der Waals surface area contributed by atoms with Crippen molar-refractivity contribution in [2.75, 3.05) is 6.61 Å². The lowest BCUT2D eigenvalue weighted by molar-refractivity contribution is -0.384. The van der Waals surface area contributed by atoms with E-state index < -0.39 is 29.6 Å². The van der Waals surface area contributed by atoms with Crippen LogP contribution < -0.4 is 5.32 Å². The number of nitrogens with one attached hydrogen (secondary N) is 1. The maximum absolute atomic E-state index is 12.2. The van der Waals surface area contributed by atoms with Crippen LogP contribution >= 0.6 is 11.6 Å². The Morgan fingerprint density at radius 3 is 2.54 bits per heavy atom. The van der Waals surface area contributed by atoms with E-state index in [0.29, 0.717) is 5.56 Å². The van der Waals surface area contributed by atoms with Crippen LogP contribution in [0.3, 0.4) is 0 Å². The number of benzene rings is 1. The molecular weight excluding hydrogens is 340 g/mol. The number of rotatable bonds is 6. The van der Waals surface area contributed by atoms with Crippen LogP contribution in [0, 0.1) is 10.1 Å². The molecule has 9 nitrogen and oxygen atoms in total. The van der Waals surface area contributed by atoms with Crippen molar-refractivity contribution in [3.8, 4) is 0 Å². The first kappa shape index (κ1) is 17.9. The lowest BCUT2D eigenvalue weighted by Crippen LogP contribution is -2.42. The second-order valence-corrected chi connectivity index (χ2v) is 5.43. The van der Waals surface area contributed by atoms with Crippen LogP contribution in [0.25, 0.3) is 0 Å². The third-order valence-corrected chi connectivity index (χ3v) is 3.73. The Kier molecular flexibility index (Phi) is 5.50. The van der Waals surface area contributed by atoms with Crippen molar-refractivity contribution in [1.29, 1.82) is 0 Å². The average Bonchev–Trinajstić information content (AvgIpc) is 2.90. The minimum atomic E-state index is -1.26. The SMILES string of the molecule is Cn1ncc(Cl)c1C(=O)NC(CO)C(O)c1ccc([N+](=O)[O-])cc1. The van der Waals surface area contributed by atoms with Gasteiger partial charge in [-0.2, -0.15) is 5.10 Å². The van der Waals surface area contributed by atoms with Crippen LogP contribution in [0.2, 0.25) is 5.02 Å². The Balaban J connectivity index is 2.15. The van der Waals surface area contributed by atoms with Crippen LogP contribution in [0.15, 0.2) is 30.5 Å². The van der Waals surface area contributed by atoms with Gasteiger partial charge < -0.3 is 15.5 Å². The number of aliphatic hydroxyl groups excluding tert-OH is 2. The van der Waals surface area contributed by atoms with Gasteiger partial charge in [-0.25, -0.2) is 0 Å². The van der Waals surface area contributed by atoms with Gasteiger partial charge in [0, 0.05) is 19.2 Å². The van der Waals surface area contributed by atoms with Gasteiger partial charge in [0.2, 0.25) is 0 Å². The van der Waals surface area contributed by atoms with E-state index in [1.165, 1.54) is 42.2 Å². The van der Waals surface area contributed by atoms with Crippen LogP contribution in [0.5, 0.6) is 0 Å². The van der Waals surface area contributed by atoms with E-state index in [2.05, 4.69) is 10.4 Å². The van der Waals surface area contributed by atoms with Gasteiger partial charge in [-0.05, 0) is 17.7 Å². The zero-order valence-corrected chi connectivity index (χ0v) is 13.3. The fraction of sp³-hybridized carbons (Fsp3) is 0.286. The minimum absolute atomic E-state index is 0.0889. The molecule has 0 aliphatic heterocycles. The summed E-state index contributed by atoms with van der Waals surface area (Å²) in [4.78, 5) is 22.3. The van der Waals surface area contributed by atoms with Crippen LogP contribution in [-0.2, 0) is 7.05 Å². The van der Waals surface area contributed by atoms with E-state index in [1.54, 1.807) is 0 Å². The maximum atomic E-state index is 12.2. The molecule has 0 saturated heterocycles. The lowest BCUT2D eigenvalue weighted by atomic mass is 10.0. The topological polar surface area (TPSA) is 131 Å². The number of aliphatic hydroxyl groups is 2. The second kappa shape index (κ2) is 7.39. The molecule has 0 saturated carbocycles. The minimum Gasteiger partial charge on any atom is -0.394 e. The predicted octanol–water partition coefficient (Wildman–Crippen LogP) is 0.806. The van der Waals surface area contributed by atoms with E-state index in [0.717, 1.165) is 0 Å². The molecule has 0 spiro atoms. The summed E-state index contributed by atoms with van der Waals surface area (Å²) in [6, 6.07) is 4.15. The Bertz CT molecular complexity index is 727. The Morgan fingerprint density at radius 2 is 2.08 bits per heavy atom. The first-order chi connectivity index (χ1) is 11.3. The molecule has 0 radical (unpaired) electrons. The molecular formula is C14H15ClN4O5. The first-order valence-electron chi connectivity index (χ1n) is 6.86. The molecule has 2 rings (SSSR count). The van der Waals surface area contributed by atoms with Gasteiger partial charge in [0.25, 0.3) is 11.6 Å². The van der Waals surface area contributed by atoms with Gasteiger partial charge in [-0.15, -0.1) is 0 Å². The number of carbonyl (C=O) groups excluding carboxylic acids is 1. The highest BCUT2D eigenvalue weighted by Crippen LogP contribution is 2.21. The molecule has 1 aromatic heterocycles. The van der Waals surface area contributed by atoms with Crippen molar-refractivity contribution in [3.05, 3.63) is 56.9 Å². The number of non-ortho nitro benzene ring substituents is 1. The summed E-state index contributed by atoms with van der Waals surface area (Å²) < 4.78 is 1.27. The van der Waals surface area contributed by atoms with Gasteiger partial charge in [-0.3, -0.25) is 19.6 Å². The Morgan fingerprint density at radius 1 is 1.46 bits per heavy atom. The van der Waals surface area contributed by atoms with Gasteiger partial charge in [-0.1, -0.05) is 11.6 Å². The van der Waals surface area contributed by atoms with E-state index in [-0.39, 0.29) is 16.4 Å². The maximum Gasteiger partial charge on any atom is 0.271 e. The number of nitro benzene ring substituents is 1. The van der Waals surface area contributed by atoms with Crippen molar-refractivity contribution in [3.63, 3.8) is 0 Å². The molecule has 0 fully saturated rings. The average molecular weight is 355 g/mol. The zero-order chi connectivity index (χ0) is 17.9. The summed E-state index contributed by atoms with van der Waals surface area (Å²) >= 11 is 5.88. The number of hydrogen-bond acceptors (Lipinski definition) is 6. The molecule has 2 unspecified atom stereocenters. The molecule has 128 valence electrons. The quantitative estimate of drug-likeness (QED) is 0.519. The number of nitrogens with zero attached hydrogens (tertiary/aromatic N) is 3. The smallest absolute Gasteiger partial charge is 0.271 e. The van der Waals surface area contributed by atoms with Gasteiger partial charge in [0.1, 0.15) is 11.8 Å². The Labute approximate surface area is 141 Å². The van der Waals surface area contributed by atoms with Crippen molar-refractivity contribution in [2.45, 2.75) is 12.1 Å². The lowest BCUT2D eigenvalue weighted by Gasteiger charge is -2.22. The van der Waals surface area contributed by atoms with E-state index >= 15 is 0 Å². The third kappa shape index (κ3) is 3.70. The molecule has 3 N–H and O–H groups in total. The predicted molar refractivity (Wildman–Crippen MR) is 84.6 cm³/mol. The number of carbonyl (C=O) groups is 1. The highest BCUT2D eigenvalue weighted by Gasteiger charge is 2.25. The fourth-order valence-corrected chi connectivity index (χ4v) is 2.40. The largest absolute Gasteiger partial charge is 0.394 e. The number of amides is 1. The number of aryl methyl sites for hydroxylation is 1. The summed E-state index contributed by atoms with van der Waals surface area (Å²) in [5.74, 6) is -0.611. The van der Waals surface area contributed by atoms with Crippen LogP contribution in [-0.4, -0.2) is 43.5 Å². The van der Waals surface area contributed by atoms with Gasteiger partial charge in [0.15, 0.2) is 0 Å². The summed E-state index contributed by atoms with van der Waals surface area (Å²) in [6.07, 6.45) is 0.0451. The summed E-state index contributed by atoms with van der Waals surface area (Å²) in [6.45, 7) is -0.542. The highest BCUT2D eigenvalue weighted by atomic mass is 35.5. The fourth-order valence-electron chi connectivity index (χ4n) is 2.15. The number of hydrogen-bond donors (Lipinski definition) is 3. The molecule has 1 amide bonds. The molecule has 0 bridgehead atoms. The van der Waals surface area contributed by atoms with Gasteiger partial charge in [0.05, 0.1) is 28.8 Å². The summed E-state index contributed by atoms with van der Waals surface area (Å²) in [7, 11) is 1.53. The van der Waals surface area contributed by atoms with E-state index in [4.69, 9.17) is 11.6 Å². The molecule has 2 atom stereocenters. The molecule has 0 aliphatic rings. The molecule has 2 aromatic rings. The zero-order valence-electron chi connectivity index (χ0n) is 12.6. The molecule has 10 heteroatoms. The summed E-state index contributed by atoms with van der Waals surface area (Å²) in [5, 5.41) is 36.8. The monoisotopic (exact) mass is 354 g/mol. The third-order valence-electron chi connectivity index (χ3n) is 3.45. The standard InChI is InChI=1S/C14H15ClN4O5/c1-18-12(10(15)6-16-18)14(22)17-11(7-20)13(21)8-2-4-9(5-3-8)19(23)24/h2-6,11,13,20-21H,7H2,1H3,(H,17,22). The molecule has 0 aliphatic carbocycles. The highest BCUT2D eigenvalue weighted by molar-refractivity contribution is 6.33. The van der Waals surface area contributed by atoms with Gasteiger partial charge >= 0.3 is 0 Å². The van der Waals surface area contributed by atoms with Crippen LogP contribution in [0.4, 0.5) is 5.69 Å². The first-order valence-corrected chi connectivity index (χ1v) is 7.24. The van der Waals surface area contributed by atoms with Crippen molar-refractivity contribution in [1.82, 2.24) is 15.1 Å². The number of aromatic nitrogens is 2. The number of nitro groups is 1. The molecule has 1 aromatic carbocycles. The normalized spacial score (nSPS) is 13.3. The van der Waals surface area contributed by atoms with E-state index in [1.807, 2.05) is 0 Å². The second-order valence-electron chi connectivity index (χ2n) is 5.02. The Hall–Kier alpha value is -2.49. The van der Waals surface area contributed by atoms with E-state index in [9.17, 15) is 25.1 Å². The summed E-state index contributed by atoms with van der Waals surface area (Å²) in [5.41, 5.74) is 0.277. The van der Waals surface area contributed by atoms with Crippen molar-refractivity contribution >= 4 is 23.2 Å². The van der Waals surface area contributed by atoms with Crippen molar-refractivity contribution < 1.29 is 19.9 Å². The van der Waals surface area contributed by atoms with Crippen LogP contribution in [0.1, 0.15) is 22.2 Å². The molecule has 24 heavy (non-hydrogen) atoms. The number of halogens is 1. The molecule has 1 heterocycles. The van der Waals surface area contributed by atoms with Crippen molar-refractivity contribution in [2.24, 2.45) is 7.05 Å².